The van der Waals surface area contributed by atoms with Gasteiger partial charge in [-0.25, -0.2) is 0 Å². The second kappa shape index (κ2) is 3.01. The van der Waals surface area contributed by atoms with Gasteiger partial charge in [0.05, 0.1) is 0 Å². The van der Waals surface area contributed by atoms with Crippen molar-refractivity contribution in [3.63, 3.8) is 0 Å². The van der Waals surface area contributed by atoms with E-state index in [-0.39, 0.29) is 5.91 Å². The van der Waals surface area contributed by atoms with Crippen molar-refractivity contribution >= 4 is 5.91 Å². The van der Waals surface area contributed by atoms with Crippen molar-refractivity contribution < 1.29 is 4.79 Å². The van der Waals surface area contributed by atoms with Crippen LogP contribution in [0.2, 0.25) is 0 Å². The number of likely N-dealkylation sites (tertiary alicyclic amines) is 1. The normalized spacial score (nSPS) is 20.6. The molecule has 1 unspecified atom stereocenters. The molecule has 1 amide bonds. The van der Waals surface area contributed by atoms with Crippen LogP contribution in [0.1, 0.15) is 13.3 Å². The van der Waals surface area contributed by atoms with E-state index in [0.29, 0.717) is 12.5 Å². The highest BCUT2D eigenvalue weighted by Gasteiger charge is 2.24. The predicted octanol–water partition coefficient (Wildman–Crippen LogP) is -0.186. The van der Waals surface area contributed by atoms with Crippen LogP contribution in [0.5, 0.6) is 0 Å². The molecule has 3 nitrogen and oxygen atoms in total. The number of amides is 1. The molecule has 0 aromatic heterocycles. The summed E-state index contributed by atoms with van der Waals surface area (Å²) < 4.78 is 0. The molecule has 1 atom stereocenters. The summed E-state index contributed by atoms with van der Waals surface area (Å²) >= 11 is 0. The van der Waals surface area contributed by atoms with Gasteiger partial charge in [0.1, 0.15) is 0 Å². The van der Waals surface area contributed by atoms with Crippen LogP contribution in [0.4, 0.5) is 0 Å². The van der Waals surface area contributed by atoms with Gasteiger partial charge in [0.2, 0.25) is 5.91 Å². The third-order valence-corrected chi connectivity index (χ3v) is 1.88. The summed E-state index contributed by atoms with van der Waals surface area (Å²) in [6, 6.07) is 0. The maximum Gasteiger partial charge on any atom is 0.224 e. The van der Waals surface area contributed by atoms with Crippen molar-refractivity contribution in [2.24, 2.45) is 11.7 Å². The van der Waals surface area contributed by atoms with Crippen molar-refractivity contribution in [1.82, 2.24) is 4.90 Å². The number of nitrogens with zero attached hydrogens (tertiary/aromatic N) is 1. The summed E-state index contributed by atoms with van der Waals surface area (Å²) in [4.78, 5) is 12.6. The fourth-order valence-electron chi connectivity index (χ4n) is 1.01. The number of hydrogen-bond acceptors (Lipinski definition) is 2. The Morgan fingerprint density at radius 3 is 2.80 bits per heavy atom. The first-order chi connectivity index (χ1) is 4.74. The summed E-state index contributed by atoms with van der Waals surface area (Å²) in [6.45, 7) is 4.51. The first kappa shape index (κ1) is 7.54. The number of hydrogen-bond donors (Lipinski definition) is 1. The molecule has 0 aliphatic carbocycles. The van der Waals surface area contributed by atoms with Crippen LogP contribution < -0.4 is 5.73 Å². The molecule has 0 aromatic carbocycles. The highest BCUT2D eigenvalue weighted by molar-refractivity contribution is 5.81. The quantitative estimate of drug-likeness (QED) is 0.555. The van der Waals surface area contributed by atoms with Crippen LogP contribution in [-0.2, 0) is 4.79 Å². The Kier molecular flexibility index (Phi) is 2.27. The third-order valence-electron chi connectivity index (χ3n) is 1.88. The van der Waals surface area contributed by atoms with Crippen LogP contribution in [0.3, 0.4) is 0 Å². The molecular formula is C7H14N2O. The van der Waals surface area contributed by atoms with Gasteiger partial charge in [0, 0.05) is 19.5 Å². The Bertz CT molecular complexity index is 136. The molecule has 1 fully saturated rings. The minimum Gasteiger partial charge on any atom is -0.342 e. The molecule has 0 spiro atoms. The Hall–Kier alpha value is -0.570. The van der Waals surface area contributed by atoms with Crippen molar-refractivity contribution in [3.8, 4) is 0 Å². The largest absolute Gasteiger partial charge is 0.342 e. The third kappa shape index (κ3) is 1.48. The lowest BCUT2D eigenvalue weighted by Crippen LogP contribution is -2.46. The SMILES string of the molecule is CC(CN)CN1CCC1=O. The van der Waals surface area contributed by atoms with E-state index >= 15 is 0 Å². The zero-order valence-corrected chi connectivity index (χ0v) is 6.34. The molecule has 1 aliphatic rings. The molecular weight excluding hydrogens is 128 g/mol. The van der Waals surface area contributed by atoms with Crippen molar-refractivity contribution in [1.29, 1.82) is 0 Å². The fourth-order valence-corrected chi connectivity index (χ4v) is 1.01. The van der Waals surface area contributed by atoms with Crippen molar-refractivity contribution in [2.75, 3.05) is 19.6 Å². The number of rotatable bonds is 3. The van der Waals surface area contributed by atoms with Crippen molar-refractivity contribution in [2.45, 2.75) is 13.3 Å². The van der Waals surface area contributed by atoms with Gasteiger partial charge in [0.25, 0.3) is 0 Å². The minimum absolute atomic E-state index is 0.278. The first-order valence-corrected chi connectivity index (χ1v) is 3.72. The Morgan fingerprint density at radius 2 is 2.50 bits per heavy atom. The van der Waals surface area contributed by atoms with Gasteiger partial charge in [-0.1, -0.05) is 6.92 Å². The van der Waals surface area contributed by atoms with Crippen LogP contribution in [0, 0.1) is 5.92 Å². The van der Waals surface area contributed by atoms with E-state index in [1.807, 2.05) is 4.90 Å². The lowest BCUT2D eigenvalue weighted by molar-refractivity contribution is -0.140. The Morgan fingerprint density at radius 1 is 1.80 bits per heavy atom. The van der Waals surface area contributed by atoms with Crippen LogP contribution in [-0.4, -0.2) is 30.4 Å². The number of carbonyl (C=O) groups excluding carboxylic acids is 1. The zero-order valence-electron chi connectivity index (χ0n) is 6.34. The van der Waals surface area contributed by atoms with Crippen molar-refractivity contribution in [3.05, 3.63) is 0 Å². The predicted molar refractivity (Wildman–Crippen MR) is 39.4 cm³/mol. The summed E-state index contributed by atoms with van der Waals surface area (Å²) in [7, 11) is 0. The highest BCUT2D eigenvalue weighted by Crippen LogP contribution is 2.10. The van der Waals surface area contributed by atoms with E-state index in [0.717, 1.165) is 19.5 Å². The molecule has 1 rings (SSSR count). The maximum atomic E-state index is 10.8. The molecule has 3 heteroatoms. The molecule has 1 heterocycles. The summed E-state index contributed by atoms with van der Waals surface area (Å²) in [5.74, 6) is 0.726. The van der Waals surface area contributed by atoms with E-state index in [4.69, 9.17) is 5.73 Å². The van der Waals surface area contributed by atoms with Gasteiger partial charge in [-0.2, -0.15) is 0 Å². The molecule has 0 saturated carbocycles. The van der Waals surface area contributed by atoms with Crippen LogP contribution in [0.15, 0.2) is 0 Å². The van der Waals surface area contributed by atoms with Crippen LogP contribution >= 0.6 is 0 Å². The van der Waals surface area contributed by atoms with Gasteiger partial charge >= 0.3 is 0 Å². The van der Waals surface area contributed by atoms with E-state index < -0.39 is 0 Å². The summed E-state index contributed by atoms with van der Waals surface area (Å²) in [6.07, 6.45) is 0.733. The highest BCUT2D eigenvalue weighted by atomic mass is 16.2. The lowest BCUT2D eigenvalue weighted by atomic mass is 10.1. The second-order valence-corrected chi connectivity index (χ2v) is 2.93. The lowest BCUT2D eigenvalue weighted by Gasteiger charge is -2.32. The van der Waals surface area contributed by atoms with E-state index in [9.17, 15) is 4.79 Å². The fraction of sp³-hybridized carbons (Fsp3) is 0.857. The summed E-state index contributed by atoms with van der Waals surface area (Å²) in [5, 5.41) is 0. The zero-order chi connectivity index (χ0) is 7.56. The average molecular weight is 142 g/mol. The smallest absolute Gasteiger partial charge is 0.224 e. The number of nitrogens with two attached hydrogens (primary N) is 1. The molecule has 2 N–H and O–H groups in total. The molecule has 0 bridgehead atoms. The van der Waals surface area contributed by atoms with Crippen LogP contribution in [0.25, 0.3) is 0 Å². The standard InChI is InChI=1S/C7H14N2O/c1-6(4-8)5-9-3-2-7(9)10/h6H,2-5,8H2,1H3. The second-order valence-electron chi connectivity index (χ2n) is 2.93. The molecule has 0 radical (unpaired) electrons. The molecule has 1 saturated heterocycles. The number of β-lactam (4-membered cyclic amide) rings is 1. The van der Waals surface area contributed by atoms with E-state index in [1.165, 1.54) is 0 Å². The molecule has 0 aromatic rings. The molecule has 58 valence electrons. The van der Waals surface area contributed by atoms with Gasteiger partial charge < -0.3 is 10.6 Å². The van der Waals surface area contributed by atoms with Gasteiger partial charge in [-0.15, -0.1) is 0 Å². The Balaban J connectivity index is 2.19. The van der Waals surface area contributed by atoms with E-state index in [2.05, 4.69) is 6.92 Å². The van der Waals surface area contributed by atoms with Gasteiger partial charge in [-0.05, 0) is 12.5 Å². The number of carbonyl (C=O) groups is 1. The molecule has 1 aliphatic heterocycles. The monoisotopic (exact) mass is 142 g/mol. The average Bonchev–Trinajstić information content (AvgIpc) is 1.96. The first-order valence-electron chi connectivity index (χ1n) is 3.72. The minimum atomic E-state index is 0.278. The van der Waals surface area contributed by atoms with Gasteiger partial charge in [0.15, 0.2) is 0 Å². The maximum absolute atomic E-state index is 10.8. The summed E-state index contributed by atoms with van der Waals surface area (Å²) in [5.41, 5.74) is 5.41. The van der Waals surface area contributed by atoms with E-state index in [1.54, 1.807) is 0 Å². The van der Waals surface area contributed by atoms with Gasteiger partial charge in [-0.3, -0.25) is 4.79 Å². The molecule has 10 heavy (non-hydrogen) atoms. The topological polar surface area (TPSA) is 46.3 Å². The Labute approximate surface area is 61.2 Å².